The highest BCUT2D eigenvalue weighted by Gasteiger charge is 2.49. The second-order valence-corrected chi connectivity index (χ2v) is 9.75. The summed E-state index contributed by atoms with van der Waals surface area (Å²) in [7, 11) is -3.19. The molecule has 2 aliphatic heterocycles. The zero-order chi connectivity index (χ0) is 19.0. The Morgan fingerprint density at radius 2 is 1.74 bits per heavy atom. The minimum Gasteiger partial charge on any atom is -0.306 e. The van der Waals surface area contributed by atoms with E-state index in [1.165, 1.54) is 5.56 Å². The molecule has 5 nitrogen and oxygen atoms in total. The molecule has 2 saturated heterocycles. The summed E-state index contributed by atoms with van der Waals surface area (Å²) in [5.74, 6) is 0.0119. The van der Waals surface area contributed by atoms with Gasteiger partial charge in [-0.25, -0.2) is 8.42 Å². The molecule has 2 aliphatic rings. The summed E-state index contributed by atoms with van der Waals surface area (Å²) in [6.07, 6.45) is 0.786. The van der Waals surface area contributed by atoms with Crippen LogP contribution in [-0.4, -0.2) is 55.9 Å². The number of hydrogen-bond donors (Lipinski definition) is 0. The summed E-state index contributed by atoms with van der Waals surface area (Å²) in [4.78, 5) is 16.6. The predicted octanol–water partition coefficient (Wildman–Crippen LogP) is 2.40. The zero-order valence-electron chi connectivity index (χ0n) is 14.8. The Bertz CT molecular complexity index is 949. The lowest BCUT2D eigenvalue weighted by Crippen LogP contribution is -2.62. The van der Waals surface area contributed by atoms with Gasteiger partial charge in [-0.05, 0) is 30.2 Å². The van der Waals surface area contributed by atoms with E-state index < -0.39 is 9.84 Å². The van der Waals surface area contributed by atoms with Crippen LogP contribution in [0.5, 0.6) is 0 Å². The molecule has 4 rings (SSSR count). The third-order valence-corrected chi connectivity index (χ3v) is 7.25. The molecule has 2 fully saturated rings. The highest BCUT2D eigenvalue weighted by molar-refractivity contribution is 7.91. The molecule has 0 spiro atoms. The molecule has 7 heteroatoms. The van der Waals surface area contributed by atoms with E-state index in [9.17, 15) is 13.2 Å². The second kappa shape index (κ2) is 7.26. The summed E-state index contributed by atoms with van der Waals surface area (Å²) in [5.41, 5.74) is 1.85. The largest absolute Gasteiger partial charge is 0.306 e. The molecule has 2 aromatic rings. The molecule has 0 aliphatic carbocycles. The van der Waals surface area contributed by atoms with Crippen molar-refractivity contribution < 1.29 is 13.2 Å². The van der Waals surface area contributed by atoms with Crippen molar-refractivity contribution in [1.29, 1.82) is 0 Å². The average Bonchev–Trinajstić information content (AvgIpc) is 2.95. The van der Waals surface area contributed by atoms with E-state index in [4.69, 9.17) is 11.6 Å². The van der Waals surface area contributed by atoms with Gasteiger partial charge in [0.1, 0.15) is 0 Å². The van der Waals surface area contributed by atoms with Crippen LogP contribution >= 0.6 is 11.6 Å². The summed E-state index contributed by atoms with van der Waals surface area (Å²) in [5, 5.41) is 0.532. The van der Waals surface area contributed by atoms with Crippen LogP contribution in [0, 0.1) is 0 Å². The van der Waals surface area contributed by atoms with Crippen LogP contribution in [0.25, 0.3) is 0 Å². The van der Waals surface area contributed by atoms with Crippen molar-refractivity contribution in [3.8, 4) is 0 Å². The first-order chi connectivity index (χ1) is 12.9. The average molecular weight is 405 g/mol. The number of nitrogens with zero attached hydrogens (tertiary/aromatic N) is 2. The fraction of sp³-hybridized carbons (Fsp3) is 0.350. The number of hydrogen-bond acceptors (Lipinski definition) is 4. The predicted molar refractivity (Wildman–Crippen MR) is 107 cm³/mol. The lowest BCUT2D eigenvalue weighted by atomic mass is 10.0. The van der Waals surface area contributed by atoms with Gasteiger partial charge in [0.15, 0.2) is 9.84 Å². The first-order valence-electron chi connectivity index (χ1n) is 8.99. The minimum absolute atomic E-state index is 0.00223. The van der Waals surface area contributed by atoms with Crippen LogP contribution in [0.15, 0.2) is 54.6 Å². The Balaban J connectivity index is 1.60. The molecular formula is C20H21ClN2O3S. The molecular weight excluding hydrogens is 384 g/mol. The SMILES string of the molecule is O=C1CN(CCc2ccccc2)[C@H]2CS(=O)(=O)C[C@@H]2N1c1cccc(Cl)c1. The quantitative estimate of drug-likeness (QED) is 0.785. The van der Waals surface area contributed by atoms with Crippen molar-refractivity contribution in [2.45, 2.75) is 18.5 Å². The number of carbonyl (C=O) groups is 1. The maximum Gasteiger partial charge on any atom is 0.241 e. The van der Waals surface area contributed by atoms with Crippen LogP contribution in [-0.2, 0) is 21.1 Å². The number of amides is 1. The topological polar surface area (TPSA) is 57.7 Å². The molecule has 0 N–H and O–H groups in total. The van der Waals surface area contributed by atoms with E-state index in [1.54, 1.807) is 23.1 Å². The molecule has 2 aromatic carbocycles. The number of piperazine rings is 1. The molecule has 0 saturated carbocycles. The van der Waals surface area contributed by atoms with E-state index in [2.05, 4.69) is 0 Å². The van der Waals surface area contributed by atoms with Gasteiger partial charge < -0.3 is 4.90 Å². The standard InChI is InChI=1S/C20H21ClN2O3S/c21-16-7-4-8-17(11-16)23-19-14-27(25,26)13-18(19)22(12-20(23)24)10-9-15-5-2-1-3-6-15/h1-8,11,18-19H,9-10,12-14H2/t18-,19-/m0/s1. The van der Waals surface area contributed by atoms with Gasteiger partial charge >= 0.3 is 0 Å². The number of benzene rings is 2. The molecule has 0 bridgehead atoms. The number of halogens is 1. The Labute approximate surface area is 164 Å². The second-order valence-electron chi connectivity index (χ2n) is 7.16. The number of carbonyl (C=O) groups excluding carboxylic acids is 1. The van der Waals surface area contributed by atoms with E-state index in [0.717, 1.165) is 6.42 Å². The Hall–Kier alpha value is -1.89. The summed E-state index contributed by atoms with van der Waals surface area (Å²) < 4.78 is 24.8. The minimum atomic E-state index is -3.19. The molecule has 2 atom stereocenters. The van der Waals surface area contributed by atoms with Crippen LogP contribution in [0.1, 0.15) is 5.56 Å². The smallest absolute Gasteiger partial charge is 0.241 e. The third kappa shape index (κ3) is 3.88. The number of fused-ring (bicyclic) bond motifs is 1. The molecule has 142 valence electrons. The van der Waals surface area contributed by atoms with Crippen LogP contribution < -0.4 is 4.90 Å². The van der Waals surface area contributed by atoms with Crippen molar-refractivity contribution in [3.63, 3.8) is 0 Å². The van der Waals surface area contributed by atoms with Gasteiger partial charge in [0.25, 0.3) is 0 Å². The Morgan fingerprint density at radius 3 is 2.48 bits per heavy atom. The molecule has 0 radical (unpaired) electrons. The molecule has 2 heterocycles. The summed E-state index contributed by atoms with van der Waals surface area (Å²) in [6, 6.07) is 16.5. The fourth-order valence-electron chi connectivity index (χ4n) is 4.08. The van der Waals surface area contributed by atoms with Crippen LogP contribution in [0.3, 0.4) is 0 Å². The first-order valence-corrected chi connectivity index (χ1v) is 11.2. The Kier molecular flexibility index (Phi) is 4.97. The lowest BCUT2D eigenvalue weighted by Gasteiger charge is -2.43. The van der Waals surface area contributed by atoms with Crippen LogP contribution in [0.2, 0.25) is 5.02 Å². The highest BCUT2D eigenvalue weighted by atomic mass is 35.5. The van der Waals surface area contributed by atoms with Gasteiger partial charge in [-0.1, -0.05) is 48.0 Å². The maximum atomic E-state index is 12.9. The number of rotatable bonds is 4. The third-order valence-electron chi connectivity index (χ3n) is 5.32. The van der Waals surface area contributed by atoms with Crippen molar-refractivity contribution in [3.05, 3.63) is 65.2 Å². The van der Waals surface area contributed by atoms with E-state index >= 15 is 0 Å². The van der Waals surface area contributed by atoms with Gasteiger partial charge in [0, 0.05) is 23.3 Å². The Morgan fingerprint density at radius 1 is 1.00 bits per heavy atom. The highest BCUT2D eigenvalue weighted by Crippen LogP contribution is 2.32. The first kappa shape index (κ1) is 18.5. The fourth-order valence-corrected chi connectivity index (χ4v) is 6.25. The summed E-state index contributed by atoms with van der Waals surface area (Å²) >= 11 is 6.09. The van der Waals surface area contributed by atoms with Crippen molar-refractivity contribution in [1.82, 2.24) is 4.90 Å². The molecule has 0 unspecified atom stereocenters. The monoisotopic (exact) mass is 404 g/mol. The lowest BCUT2D eigenvalue weighted by molar-refractivity contribution is -0.123. The van der Waals surface area contributed by atoms with Crippen molar-refractivity contribution in [2.24, 2.45) is 0 Å². The van der Waals surface area contributed by atoms with Gasteiger partial charge in [-0.3, -0.25) is 9.69 Å². The van der Waals surface area contributed by atoms with Gasteiger partial charge in [0.2, 0.25) is 5.91 Å². The summed E-state index contributed by atoms with van der Waals surface area (Å²) in [6.45, 7) is 0.881. The van der Waals surface area contributed by atoms with E-state index in [1.807, 2.05) is 41.3 Å². The van der Waals surface area contributed by atoms with Crippen molar-refractivity contribution >= 4 is 33.0 Å². The number of sulfone groups is 1. The molecule has 1 amide bonds. The molecule has 27 heavy (non-hydrogen) atoms. The maximum absolute atomic E-state index is 12.9. The van der Waals surface area contributed by atoms with Crippen LogP contribution in [0.4, 0.5) is 5.69 Å². The van der Waals surface area contributed by atoms with Crippen molar-refractivity contribution in [2.75, 3.05) is 29.5 Å². The normalized spacial score (nSPS) is 24.8. The zero-order valence-corrected chi connectivity index (χ0v) is 16.4. The van der Waals surface area contributed by atoms with Gasteiger partial charge in [0.05, 0.1) is 24.1 Å². The van der Waals surface area contributed by atoms with E-state index in [0.29, 0.717) is 17.3 Å². The number of anilines is 1. The molecule has 0 aromatic heterocycles. The van der Waals surface area contributed by atoms with Gasteiger partial charge in [-0.15, -0.1) is 0 Å². The van der Waals surface area contributed by atoms with E-state index in [-0.39, 0.29) is 36.0 Å². The van der Waals surface area contributed by atoms with Gasteiger partial charge in [-0.2, -0.15) is 0 Å².